The van der Waals surface area contributed by atoms with Gasteiger partial charge >= 0.3 is 0 Å². The number of hydrogen-bond acceptors (Lipinski definition) is 4. The molecule has 0 aliphatic heterocycles. The largest absolute Gasteiger partial charge is 0.479 e. The summed E-state index contributed by atoms with van der Waals surface area (Å²) in [6, 6.07) is 1.62. The minimum absolute atomic E-state index is 0.193. The van der Waals surface area contributed by atoms with Crippen LogP contribution in [-0.4, -0.2) is 35.7 Å². The van der Waals surface area contributed by atoms with Crippen LogP contribution in [0.4, 0.5) is 0 Å². The molecule has 1 aromatic heterocycles. The van der Waals surface area contributed by atoms with Gasteiger partial charge in [0.25, 0.3) is 5.91 Å². The van der Waals surface area contributed by atoms with Gasteiger partial charge in [-0.3, -0.25) is 9.78 Å². The number of aromatic nitrogens is 1. The van der Waals surface area contributed by atoms with Crippen LogP contribution in [0.5, 0.6) is 5.75 Å². The lowest BCUT2D eigenvalue weighted by molar-refractivity contribution is -0.129. The van der Waals surface area contributed by atoms with Crippen molar-refractivity contribution in [3.63, 3.8) is 0 Å². The zero-order valence-electron chi connectivity index (χ0n) is 14.1. The summed E-state index contributed by atoms with van der Waals surface area (Å²) in [6.07, 6.45) is 2.70. The van der Waals surface area contributed by atoms with Gasteiger partial charge in [-0.15, -0.1) is 0 Å². The highest BCUT2D eigenvalue weighted by molar-refractivity contribution is 6.30. The number of hydrogen-bond donors (Lipinski definition) is 1. The number of amides is 1. The van der Waals surface area contributed by atoms with Gasteiger partial charge in [0.1, 0.15) is 11.9 Å². The molecule has 126 valence electrons. The molecule has 0 aromatic carbocycles. The molecule has 2 atom stereocenters. The third-order valence-corrected chi connectivity index (χ3v) is 3.21. The minimum atomic E-state index is -0.687. The molecule has 0 saturated carbocycles. The molecule has 5 nitrogen and oxygen atoms in total. The van der Waals surface area contributed by atoms with E-state index in [2.05, 4.69) is 22.1 Å². The van der Waals surface area contributed by atoms with Crippen LogP contribution in [-0.2, 0) is 9.53 Å². The lowest BCUT2D eigenvalue weighted by Gasteiger charge is -2.24. The van der Waals surface area contributed by atoms with Crippen molar-refractivity contribution in [2.75, 3.05) is 7.11 Å². The summed E-state index contributed by atoms with van der Waals surface area (Å²) >= 11 is 5.87. The van der Waals surface area contributed by atoms with Crippen molar-refractivity contribution in [3.8, 4) is 17.6 Å². The second kappa shape index (κ2) is 8.76. The van der Waals surface area contributed by atoms with Gasteiger partial charge in [-0.05, 0) is 27.2 Å². The predicted molar refractivity (Wildman–Crippen MR) is 90.4 cm³/mol. The molecule has 23 heavy (non-hydrogen) atoms. The Labute approximate surface area is 142 Å². The summed E-state index contributed by atoms with van der Waals surface area (Å²) in [5, 5.41) is 3.33. The third kappa shape index (κ3) is 6.89. The number of carbonyl (C=O) groups is 1. The van der Waals surface area contributed by atoms with Crippen LogP contribution in [0.15, 0.2) is 18.5 Å². The predicted octanol–water partition coefficient (Wildman–Crippen LogP) is 2.83. The first kappa shape index (κ1) is 19.3. The molecule has 0 saturated heterocycles. The average molecular weight is 339 g/mol. The molecule has 0 bridgehead atoms. The van der Waals surface area contributed by atoms with E-state index >= 15 is 0 Å². The van der Waals surface area contributed by atoms with E-state index in [0.29, 0.717) is 17.2 Å². The molecule has 0 radical (unpaired) electrons. The van der Waals surface area contributed by atoms with Gasteiger partial charge in [-0.1, -0.05) is 30.4 Å². The Balaban J connectivity index is 2.74. The summed E-state index contributed by atoms with van der Waals surface area (Å²) in [4.78, 5) is 16.3. The molecule has 2 unspecified atom stereocenters. The number of nitrogens with one attached hydrogen (secondary N) is 1. The van der Waals surface area contributed by atoms with Gasteiger partial charge in [0.2, 0.25) is 0 Å². The summed E-state index contributed by atoms with van der Waals surface area (Å²) in [6.45, 7) is 7.37. The van der Waals surface area contributed by atoms with Crippen molar-refractivity contribution in [3.05, 3.63) is 23.5 Å². The highest BCUT2D eigenvalue weighted by Crippen LogP contribution is 2.17. The molecule has 0 fully saturated rings. The first-order chi connectivity index (χ1) is 10.8. The van der Waals surface area contributed by atoms with Crippen molar-refractivity contribution < 1.29 is 14.3 Å². The SMILES string of the molecule is CCC(Oc1cncc(Cl)c1)C(=O)NC(C)(C)C#CC(C)OC. The molecule has 0 spiro atoms. The first-order valence-electron chi connectivity index (χ1n) is 7.42. The lowest BCUT2D eigenvalue weighted by Crippen LogP contribution is -2.48. The normalized spacial score (nSPS) is 13.5. The van der Waals surface area contributed by atoms with Gasteiger partial charge in [-0.25, -0.2) is 0 Å². The van der Waals surface area contributed by atoms with E-state index in [1.165, 1.54) is 12.4 Å². The molecule has 1 amide bonds. The zero-order chi connectivity index (χ0) is 17.5. The van der Waals surface area contributed by atoms with E-state index in [0.717, 1.165) is 0 Å². The van der Waals surface area contributed by atoms with E-state index in [9.17, 15) is 4.79 Å². The van der Waals surface area contributed by atoms with E-state index in [-0.39, 0.29) is 12.0 Å². The quantitative estimate of drug-likeness (QED) is 0.810. The van der Waals surface area contributed by atoms with E-state index in [4.69, 9.17) is 21.1 Å². The van der Waals surface area contributed by atoms with Crippen molar-refractivity contribution in [1.29, 1.82) is 0 Å². The lowest BCUT2D eigenvalue weighted by atomic mass is 10.1. The monoisotopic (exact) mass is 338 g/mol. The maximum atomic E-state index is 12.4. The van der Waals surface area contributed by atoms with E-state index in [1.54, 1.807) is 13.2 Å². The Bertz CT molecular complexity index is 593. The maximum Gasteiger partial charge on any atom is 0.262 e. The van der Waals surface area contributed by atoms with Crippen molar-refractivity contribution in [2.45, 2.75) is 51.9 Å². The van der Waals surface area contributed by atoms with Crippen LogP contribution in [0.3, 0.4) is 0 Å². The molecule has 1 rings (SSSR count). The molecule has 0 aliphatic carbocycles. The van der Waals surface area contributed by atoms with Crippen molar-refractivity contribution in [1.82, 2.24) is 10.3 Å². The van der Waals surface area contributed by atoms with Gasteiger partial charge in [0.15, 0.2) is 6.10 Å². The molecular formula is C17H23ClN2O3. The molecule has 1 N–H and O–H groups in total. The fourth-order valence-electron chi connectivity index (χ4n) is 1.70. The maximum absolute atomic E-state index is 12.4. The Morgan fingerprint density at radius 3 is 2.74 bits per heavy atom. The van der Waals surface area contributed by atoms with Gasteiger partial charge in [0.05, 0.1) is 16.8 Å². The molecular weight excluding hydrogens is 316 g/mol. The van der Waals surface area contributed by atoms with E-state index in [1.807, 2.05) is 27.7 Å². The summed E-state index contributed by atoms with van der Waals surface area (Å²) in [5.74, 6) is 6.15. The molecule has 1 aromatic rings. The van der Waals surface area contributed by atoms with Crippen molar-refractivity contribution >= 4 is 17.5 Å². The number of nitrogens with zero attached hydrogens (tertiary/aromatic N) is 1. The van der Waals surface area contributed by atoms with Crippen LogP contribution in [0.25, 0.3) is 0 Å². The molecule has 6 heteroatoms. The van der Waals surface area contributed by atoms with Gasteiger partial charge in [-0.2, -0.15) is 0 Å². The molecule has 0 aliphatic rings. The van der Waals surface area contributed by atoms with Crippen LogP contribution < -0.4 is 10.1 Å². The first-order valence-corrected chi connectivity index (χ1v) is 7.80. The number of carbonyl (C=O) groups excluding carboxylic acids is 1. The fraction of sp³-hybridized carbons (Fsp3) is 0.529. The Morgan fingerprint density at radius 2 is 2.17 bits per heavy atom. The smallest absolute Gasteiger partial charge is 0.262 e. The van der Waals surface area contributed by atoms with Gasteiger partial charge in [0, 0.05) is 19.4 Å². The zero-order valence-corrected chi connectivity index (χ0v) is 14.9. The fourth-order valence-corrected chi connectivity index (χ4v) is 1.87. The second-order valence-electron chi connectivity index (χ2n) is 5.62. The summed E-state index contributed by atoms with van der Waals surface area (Å²) in [5.41, 5.74) is -0.687. The number of ether oxygens (including phenoxy) is 2. The number of methoxy groups -OCH3 is 1. The highest BCUT2D eigenvalue weighted by atomic mass is 35.5. The Kier molecular flexibility index (Phi) is 7.34. The van der Waals surface area contributed by atoms with Crippen LogP contribution >= 0.6 is 11.6 Å². The molecule has 1 heterocycles. The average Bonchev–Trinajstić information content (AvgIpc) is 2.49. The van der Waals surface area contributed by atoms with Gasteiger partial charge < -0.3 is 14.8 Å². The van der Waals surface area contributed by atoms with E-state index < -0.39 is 11.6 Å². The third-order valence-electron chi connectivity index (χ3n) is 3.00. The van der Waals surface area contributed by atoms with Crippen LogP contribution in [0, 0.1) is 11.8 Å². The second-order valence-corrected chi connectivity index (χ2v) is 6.05. The van der Waals surface area contributed by atoms with Crippen LogP contribution in [0.2, 0.25) is 5.02 Å². The van der Waals surface area contributed by atoms with Crippen molar-refractivity contribution in [2.24, 2.45) is 0 Å². The number of halogens is 1. The van der Waals surface area contributed by atoms with Crippen LogP contribution in [0.1, 0.15) is 34.1 Å². The minimum Gasteiger partial charge on any atom is -0.479 e. The number of rotatable bonds is 6. The summed E-state index contributed by atoms with van der Waals surface area (Å²) < 4.78 is 10.7. The topological polar surface area (TPSA) is 60.5 Å². The highest BCUT2D eigenvalue weighted by Gasteiger charge is 2.25. The Morgan fingerprint density at radius 1 is 1.48 bits per heavy atom. The number of pyridine rings is 1. The summed E-state index contributed by atoms with van der Waals surface area (Å²) in [7, 11) is 1.59. The standard InChI is InChI=1S/C17H23ClN2O3/c1-6-15(23-14-9-13(18)10-19-11-14)16(21)20-17(3,4)8-7-12(2)22-5/h9-12,15H,6H2,1-5H3,(H,20,21). The Hall–Kier alpha value is -1.77.